The number of ether oxygens (including phenoxy) is 1. The minimum absolute atomic E-state index is 0.627. The molecule has 4 aromatic rings. The summed E-state index contributed by atoms with van der Waals surface area (Å²) < 4.78 is 8.66. The zero-order valence-corrected chi connectivity index (χ0v) is 19.2. The Morgan fingerprint density at radius 3 is 2.32 bits per heavy atom. The van der Waals surface area contributed by atoms with Crippen molar-refractivity contribution >= 4 is 27.7 Å². The quantitative estimate of drug-likeness (QED) is 0.286. The number of hydrogen-bond acceptors (Lipinski definition) is 5. The number of halogens is 1. The molecule has 0 unspecified atom stereocenters. The maximum Gasteiger partial charge on any atom is 0.196 e. The molecule has 0 radical (unpaired) electrons. The van der Waals surface area contributed by atoms with Gasteiger partial charge in [0.25, 0.3) is 0 Å². The van der Waals surface area contributed by atoms with Crippen molar-refractivity contribution in [1.29, 1.82) is 5.26 Å². The van der Waals surface area contributed by atoms with Crippen molar-refractivity contribution in [1.82, 2.24) is 14.8 Å². The first-order valence-electron chi connectivity index (χ1n) is 9.74. The maximum absolute atomic E-state index is 8.99. The maximum atomic E-state index is 8.99. The lowest BCUT2D eigenvalue weighted by Crippen LogP contribution is -2.00. The van der Waals surface area contributed by atoms with Crippen LogP contribution < -0.4 is 4.74 Å². The number of rotatable bonds is 7. The number of benzene rings is 3. The van der Waals surface area contributed by atoms with Gasteiger partial charge in [0, 0.05) is 21.5 Å². The Kier molecular flexibility index (Phi) is 6.70. The Labute approximate surface area is 193 Å². The van der Waals surface area contributed by atoms with Crippen LogP contribution in [-0.2, 0) is 5.75 Å². The molecule has 0 aliphatic heterocycles. The highest BCUT2D eigenvalue weighted by Crippen LogP contribution is 2.31. The minimum atomic E-state index is 0.627. The van der Waals surface area contributed by atoms with Gasteiger partial charge in [-0.1, -0.05) is 52.0 Å². The number of nitrogens with zero attached hydrogens (tertiary/aromatic N) is 4. The average Bonchev–Trinajstić information content (AvgIpc) is 3.23. The molecule has 0 atom stereocenters. The SMILES string of the molecule is CCOc1ccc(-n2c(SCc3ccc(C#N)cc3)nnc2-c2ccc(Br)cc2)cc1. The fraction of sp³-hybridized carbons (Fsp3) is 0.125. The van der Waals surface area contributed by atoms with E-state index in [-0.39, 0.29) is 0 Å². The highest BCUT2D eigenvalue weighted by atomic mass is 79.9. The third-order valence-corrected chi connectivity index (χ3v) is 6.12. The van der Waals surface area contributed by atoms with Crippen LogP contribution in [-0.4, -0.2) is 21.4 Å². The molecule has 0 fully saturated rings. The zero-order chi connectivity index (χ0) is 21.6. The lowest BCUT2D eigenvalue weighted by molar-refractivity contribution is 0.340. The summed E-state index contributed by atoms with van der Waals surface area (Å²) in [6, 6.07) is 25.7. The fourth-order valence-electron chi connectivity index (χ4n) is 3.06. The second-order valence-electron chi connectivity index (χ2n) is 6.67. The second-order valence-corrected chi connectivity index (χ2v) is 8.53. The van der Waals surface area contributed by atoms with E-state index in [1.165, 1.54) is 0 Å². The predicted octanol–water partition coefficient (Wildman–Crippen LogP) is 6.26. The lowest BCUT2D eigenvalue weighted by Gasteiger charge is -2.12. The van der Waals surface area contributed by atoms with Gasteiger partial charge in [-0.2, -0.15) is 5.26 Å². The third-order valence-electron chi connectivity index (χ3n) is 4.59. The summed E-state index contributed by atoms with van der Waals surface area (Å²) in [6.07, 6.45) is 0. The third kappa shape index (κ3) is 4.98. The van der Waals surface area contributed by atoms with E-state index in [2.05, 4.69) is 36.8 Å². The van der Waals surface area contributed by atoms with E-state index in [9.17, 15) is 0 Å². The number of thioether (sulfide) groups is 1. The molecule has 0 N–H and O–H groups in total. The fourth-order valence-corrected chi connectivity index (χ4v) is 4.24. The molecule has 4 rings (SSSR count). The van der Waals surface area contributed by atoms with Gasteiger partial charge in [0.05, 0.1) is 18.2 Å². The van der Waals surface area contributed by atoms with Gasteiger partial charge in [0.1, 0.15) is 5.75 Å². The van der Waals surface area contributed by atoms with Gasteiger partial charge in [-0.15, -0.1) is 10.2 Å². The molecule has 0 aliphatic rings. The topological polar surface area (TPSA) is 63.7 Å². The standard InChI is InChI=1S/C24H19BrN4OS/c1-2-30-22-13-11-21(12-14-22)29-23(19-7-9-20(25)10-8-19)27-28-24(29)31-16-18-5-3-17(15-26)4-6-18/h3-14H,2,16H2,1H3. The van der Waals surface area contributed by atoms with Crippen LogP contribution >= 0.6 is 27.7 Å². The van der Waals surface area contributed by atoms with Crippen molar-refractivity contribution in [3.05, 3.63) is 88.4 Å². The molecule has 0 saturated heterocycles. The molecule has 0 bridgehead atoms. The molecule has 5 nitrogen and oxygen atoms in total. The molecule has 0 spiro atoms. The van der Waals surface area contributed by atoms with Crippen LogP contribution in [0.4, 0.5) is 0 Å². The van der Waals surface area contributed by atoms with Gasteiger partial charge >= 0.3 is 0 Å². The second kappa shape index (κ2) is 9.82. The Balaban J connectivity index is 1.68. The Hall–Kier alpha value is -3.08. The Bertz CT molecular complexity index is 1200. The normalized spacial score (nSPS) is 10.6. The van der Waals surface area contributed by atoms with Gasteiger partial charge in [0.15, 0.2) is 11.0 Å². The van der Waals surface area contributed by atoms with E-state index in [1.54, 1.807) is 11.8 Å². The van der Waals surface area contributed by atoms with Crippen LogP contribution in [0.1, 0.15) is 18.1 Å². The molecule has 154 valence electrons. The largest absolute Gasteiger partial charge is 0.494 e. The van der Waals surface area contributed by atoms with Crippen LogP contribution in [0, 0.1) is 11.3 Å². The van der Waals surface area contributed by atoms with Crippen LogP contribution in [0.5, 0.6) is 5.75 Å². The van der Waals surface area contributed by atoms with E-state index in [0.717, 1.165) is 43.8 Å². The molecule has 0 aliphatic carbocycles. The Morgan fingerprint density at radius 2 is 1.68 bits per heavy atom. The van der Waals surface area contributed by atoms with Gasteiger partial charge in [-0.3, -0.25) is 4.57 Å². The lowest BCUT2D eigenvalue weighted by atomic mass is 10.2. The van der Waals surface area contributed by atoms with Crippen LogP contribution in [0.2, 0.25) is 0 Å². The average molecular weight is 491 g/mol. The summed E-state index contributed by atoms with van der Waals surface area (Å²) in [5, 5.41) is 18.8. The summed E-state index contributed by atoms with van der Waals surface area (Å²) in [7, 11) is 0. The highest BCUT2D eigenvalue weighted by molar-refractivity contribution is 9.10. The van der Waals surface area contributed by atoms with Crippen molar-refractivity contribution in [3.8, 4) is 28.9 Å². The molecule has 1 aromatic heterocycles. The summed E-state index contributed by atoms with van der Waals surface area (Å²) in [6.45, 7) is 2.60. The van der Waals surface area contributed by atoms with E-state index < -0.39 is 0 Å². The van der Waals surface area contributed by atoms with E-state index in [0.29, 0.717) is 12.2 Å². The van der Waals surface area contributed by atoms with E-state index >= 15 is 0 Å². The van der Waals surface area contributed by atoms with E-state index in [1.807, 2.05) is 79.7 Å². The van der Waals surface area contributed by atoms with Gasteiger partial charge in [-0.05, 0) is 61.0 Å². The smallest absolute Gasteiger partial charge is 0.196 e. The molecule has 3 aromatic carbocycles. The first-order valence-corrected chi connectivity index (χ1v) is 11.5. The van der Waals surface area contributed by atoms with Crippen molar-refractivity contribution in [2.75, 3.05) is 6.61 Å². The number of aromatic nitrogens is 3. The number of hydrogen-bond donors (Lipinski definition) is 0. The molecule has 7 heteroatoms. The predicted molar refractivity (Wildman–Crippen MR) is 126 cm³/mol. The van der Waals surface area contributed by atoms with Crippen LogP contribution in [0.15, 0.2) is 82.4 Å². The zero-order valence-electron chi connectivity index (χ0n) is 16.8. The van der Waals surface area contributed by atoms with Crippen molar-refractivity contribution in [2.24, 2.45) is 0 Å². The van der Waals surface area contributed by atoms with Crippen molar-refractivity contribution in [2.45, 2.75) is 17.8 Å². The monoisotopic (exact) mass is 490 g/mol. The Morgan fingerprint density at radius 1 is 0.968 bits per heavy atom. The van der Waals surface area contributed by atoms with Gasteiger partial charge < -0.3 is 4.74 Å². The van der Waals surface area contributed by atoms with Crippen molar-refractivity contribution in [3.63, 3.8) is 0 Å². The van der Waals surface area contributed by atoms with Gasteiger partial charge in [0.2, 0.25) is 0 Å². The minimum Gasteiger partial charge on any atom is -0.494 e. The molecular weight excluding hydrogens is 472 g/mol. The van der Waals surface area contributed by atoms with Crippen molar-refractivity contribution < 1.29 is 4.74 Å². The molecular formula is C24H19BrN4OS. The van der Waals surface area contributed by atoms with E-state index in [4.69, 9.17) is 10.00 Å². The summed E-state index contributed by atoms with van der Waals surface area (Å²) in [4.78, 5) is 0. The summed E-state index contributed by atoms with van der Waals surface area (Å²) in [5.41, 5.74) is 3.72. The van der Waals surface area contributed by atoms with Gasteiger partial charge in [-0.25, -0.2) is 0 Å². The molecule has 0 amide bonds. The summed E-state index contributed by atoms with van der Waals surface area (Å²) >= 11 is 5.10. The number of nitriles is 1. The first kappa shape index (κ1) is 21.2. The summed E-state index contributed by atoms with van der Waals surface area (Å²) in [5.74, 6) is 2.33. The molecule has 0 saturated carbocycles. The first-order chi connectivity index (χ1) is 15.2. The molecule has 1 heterocycles. The highest BCUT2D eigenvalue weighted by Gasteiger charge is 2.16. The van der Waals surface area contributed by atoms with Crippen LogP contribution in [0.25, 0.3) is 17.1 Å². The molecule has 31 heavy (non-hydrogen) atoms. The van der Waals surface area contributed by atoms with Crippen LogP contribution in [0.3, 0.4) is 0 Å².